The van der Waals surface area contributed by atoms with Crippen LogP contribution in [0.4, 0.5) is 5.82 Å². The van der Waals surface area contributed by atoms with Crippen LogP contribution in [0, 0.1) is 12.3 Å². The van der Waals surface area contributed by atoms with Gasteiger partial charge in [-0.3, -0.25) is 4.98 Å². The summed E-state index contributed by atoms with van der Waals surface area (Å²) < 4.78 is 0. The Morgan fingerprint density at radius 2 is 2.40 bits per heavy atom. The van der Waals surface area contributed by atoms with Gasteiger partial charge in [0.2, 0.25) is 0 Å². The van der Waals surface area contributed by atoms with Crippen LogP contribution in [0.5, 0.6) is 0 Å². The van der Waals surface area contributed by atoms with Crippen molar-refractivity contribution in [3.05, 3.63) is 18.1 Å². The topological polar surface area (TPSA) is 66.3 Å². The van der Waals surface area contributed by atoms with Crippen molar-refractivity contribution in [3.8, 4) is 12.3 Å². The third-order valence-electron chi connectivity index (χ3n) is 1.82. The SMILES string of the molecule is C#CCCN(C)c1cncc(C(=O)O)n1. The number of nitrogens with zero attached hydrogens (tertiary/aromatic N) is 3. The van der Waals surface area contributed by atoms with Gasteiger partial charge in [0.1, 0.15) is 5.82 Å². The molecule has 0 aliphatic heterocycles. The Labute approximate surface area is 87.8 Å². The minimum atomic E-state index is -1.09. The molecule has 0 aliphatic carbocycles. The zero-order chi connectivity index (χ0) is 11.3. The highest BCUT2D eigenvalue weighted by Crippen LogP contribution is 2.07. The maximum Gasteiger partial charge on any atom is 0.356 e. The van der Waals surface area contributed by atoms with Gasteiger partial charge in [-0.05, 0) is 0 Å². The van der Waals surface area contributed by atoms with Crippen LogP contribution in [0.1, 0.15) is 16.9 Å². The Bertz CT molecular complexity index is 398. The summed E-state index contributed by atoms with van der Waals surface area (Å²) in [5, 5.41) is 8.71. The van der Waals surface area contributed by atoms with Crippen molar-refractivity contribution in [3.63, 3.8) is 0 Å². The minimum Gasteiger partial charge on any atom is -0.476 e. The quantitative estimate of drug-likeness (QED) is 0.730. The molecular weight excluding hydrogens is 194 g/mol. The summed E-state index contributed by atoms with van der Waals surface area (Å²) in [4.78, 5) is 20.1. The van der Waals surface area contributed by atoms with Gasteiger partial charge in [0.05, 0.1) is 12.4 Å². The highest BCUT2D eigenvalue weighted by molar-refractivity contribution is 5.85. The third kappa shape index (κ3) is 2.95. The molecule has 0 aliphatic rings. The maximum absolute atomic E-state index is 10.6. The molecule has 1 aromatic heterocycles. The lowest BCUT2D eigenvalue weighted by Gasteiger charge is -2.16. The smallest absolute Gasteiger partial charge is 0.356 e. The number of carboxylic acid groups (broad SMARTS) is 1. The van der Waals surface area contributed by atoms with Crippen LogP contribution in [0.3, 0.4) is 0 Å². The van der Waals surface area contributed by atoms with E-state index in [4.69, 9.17) is 11.5 Å². The first-order chi connectivity index (χ1) is 7.15. The summed E-state index contributed by atoms with van der Waals surface area (Å²) >= 11 is 0. The zero-order valence-corrected chi connectivity index (χ0v) is 8.34. The summed E-state index contributed by atoms with van der Waals surface area (Å²) in [5.74, 6) is 1.92. The number of aromatic nitrogens is 2. The number of carboxylic acids is 1. The number of aromatic carboxylic acids is 1. The Morgan fingerprint density at radius 1 is 1.67 bits per heavy atom. The summed E-state index contributed by atoms with van der Waals surface area (Å²) in [6.07, 6.45) is 8.42. The van der Waals surface area contributed by atoms with Gasteiger partial charge in [-0.1, -0.05) is 0 Å². The summed E-state index contributed by atoms with van der Waals surface area (Å²) in [7, 11) is 1.78. The van der Waals surface area contributed by atoms with Gasteiger partial charge in [-0.15, -0.1) is 12.3 Å². The second-order valence-corrected chi connectivity index (χ2v) is 2.94. The fourth-order valence-corrected chi connectivity index (χ4v) is 0.989. The van der Waals surface area contributed by atoms with Crippen LogP contribution in [0.25, 0.3) is 0 Å². The van der Waals surface area contributed by atoms with Gasteiger partial charge in [0.25, 0.3) is 0 Å². The predicted molar refractivity (Wildman–Crippen MR) is 55.7 cm³/mol. The molecule has 0 saturated heterocycles. The molecule has 0 fully saturated rings. The Hall–Kier alpha value is -2.09. The van der Waals surface area contributed by atoms with Crippen molar-refractivity contribution < 1.29 is 9.90 Å². The van der Waals surface area contributed by atoms with E-state index >= 15 is 0 Å². The first-order valence-corrected chi connectivity index (χ1v) is 4.35. The molecule has 0 unspecified atom stereocenters. The molecule has 1 heterocycles. The molecule has 0 radical (unpaired) electrons. The van der Waals surface area contributed by atoms with Crippen LogP contribution in [-0.4, -0.2) is 34.6 Å². The van der Waals surface area contributed by atoms with E-state index in [2.05, 4.69) is 15.9 Å². The number of hydrogen-bond donors (Lipinski definition) is 1. The van der Waals surface area contributed by atoms with Crippen molar-refractivity contribution in [1.82, 2.24) is 9.97 Å². The first-order valence-electron chi connectivity index (χ1n) is 4.35. The van der Waals surface area contributed by atoms with Crippen molar-refractivity contribution in [1.29, 1.82) is 0 Å². The highest BCUT2D eigenvalue weighted by Gasteiger charge is 2.08. The van der Waals surface area contributed by atoms with E-state index in [1.165, 1.54) is 12.4 Å². The van der Waals surface area contributed by atoms with Crippen molar-refractivity contribution in [2.75, 3.05) is 18.5 Å². The largest absolute Gasteiger partial charge is 0.476 e. The molecule has 0 amide bonds. The van der Waals surface area contributed by atoms with Crippen LogP contribution < -0.4 is 4.90 Å². The second kappa shape index (κ2) is 4.96. The van der Waals surface area contributed by atoms with Crippen LogP contribution >= 0.6 is 0 Å². The third-order valence-corrected chi connectivity index (χ3v) is 1.82. The summed E-state index contributed by atoms with van der Waals surface area (Å²) in [5.41, 5.74) is -0.0694. The molecule has 5 nitrogen and oxygen atoms in total. The summed E-state index contributed by atoms with van der Waals surface area (Å²) in [6.45, 7) is 0.619. The Morgan fingerprint density at radius 3 is 3.00 bits per heavy atom. The normalized spacial score (nSPS) is 9.33. The molecule has 1 N–H and O–H groups in total. The molecule has 1 rings (SSSR count). The molecule has 5 heteroatoms. The Balaban J connectivity index is 2.81. The van der Waals surface area contributed by atoms with E-state index in [-0.39, 0.29) is 5.69 Å². The van der Waals surface area contributed by atoms with Gasteiger partial charge in [-0.25, -0.2) is 9.78 Å². The van der Waals surface area contributed by atoms with Crippen molar-refractivity contribution in [2.45, 2.75) is 6.42 Å². The molecule has 0 atom stereocenters. The number of terminal acetylenes is 1. The van der Waals surface area contributed by atoms with Crippen LogP contribution in [0.2, 0.25) is 0 Å². The number of anilines is 1. The van der Waals surface area contributed by atoms with Crippen LogP contribution in [0.15, 0.2) is 12.4 Å². The van der Waals surface area contributed by atoms with E-state index in [0.717, 1.165) is 0 Å². The van der Waals surface area contributed by atoms with Crippen molar-refractivity contribution in [2.24, 2.45) is 0 Å². The molecule has 0 bridgehead atoms. The first kappa shape index (κ1) is 11.0. The lowest BCUT2D eigenvalue weighted by Crippen LogP contribution is -2.20. The molecule has 0 spiro atoms. The number of hydrogen-bond acceptors (Lipinski definition) is 4. The number of carbonyl (C=O) groups is 1. The fourth-order valence-electron chi connectivity index (χ4n) is 0.989. The van der Waals surface area contributed by atoms with Gasteiger partial charge in [-0.2, -0.15) is 0 Å². The van der Waals surface area contributed by atoms with E-state index in [1.807, 2.05) is 0 Å². The van der Waals surface area contributed by atoms with Crippen molar-refractivity contribution >= 4 is 11.8 Å². The summed E-state index contributed by atoms with van der Waals surface area (Å²) in [6, 6.07) is 0. The predicted octanol–water partition coefficient (Wildman–Crippen LogP) is 0.634. The maximum atomic E-state index is 10.6. The minimum absolute atomic E-state index is 0.0694. The van der Waals surface area contributed by atoms with E-state index in [0.29, 0.717) is 18.8 Å². The van der Waals surface area contributed by atoms with E-state index < -0.39 is 5.97 Å². The number of rotatable bonds is 4. The lowest BCUT2D eigenvalue weighted by molar-refractivity contribution is 0.0690. The lowest BCUT2D eigenvalue weighted by atomic mass is 10.4. The molecule has 78 valence electrons. The van der Waals surface area contributed by atoms with Gasteiger partial charge >= 0.3 is 5.97 Å². The molecule has 1 aromatic rings. The average Bonchev–Trinajstić information content (AvgIpc) is 2.26. The molecule has 15 heavy (non-hydrogen) atoms. The van der Waals surface area contributed by atoms with Gasteiger partial charge < -0.3 is 10.0 Å². The Kier molecular flexibility index (Phi) is 3.63. The van der Waals surface area contributed by atoms with Gasteiger partial charge in [0.15, 0.2) is 5.69 Å². The standard InChI is InChI=1S/C10H11N3O2/c1-3-4-5-13(2)9-7-11-6-8(12-9)10(14)15/h1,6-7H,4-5H2,2H3,(H,14,15). The molecular formula is C10H11N3O2. The molecule has 0 aromatic carbocycles. The average molecular weight is 205 g/mol. The molecule has 0 saturated carbocycles. The monoisotopic (exact) mass is 205 g/mol. The highest BCUT2D eigenvalue weighted by atomic mass is 16.4. The van der Waals surface area contributed by atoms with E-state index in [1.54, 1.807) is 11.9 Å². The van der Waals surface area contributed by atoms with E-state index in [9.17, 15) is 4.79 Å². The van der Waals surface area contributed by atoms with Gasteiger partial charge in [0, 0.05) is 20.0 Å². The second-order valence-electron chi connectivity index (χ2n) is 2.94. The fraction of sp³-hybridized carbons (Fsp3) is 0.300. The van der Waals surface area contributed by atoms with Crippen LogP contribution in [-0.2, 0) is 0 Å². The zero-order valence-electron chi connectivity index (χ0n) is 8.34.